The topological polar surface area (TPSA) is 38.0 Å². The number of hydrogen-bond donors (Lipinski definition) is 2. The van der Waals surface area contributed by atoms with Crippen LogP contribution < -0.4 is 11.1 Å². The van der Waals surface area contributed by atoms with Crippen LogP contribution in [0.3, 0.4) is 0 Å². The van der Waals surface area contributed by atoms with Gasteiger partial charge in [-0.25, -0.2) is 0 Å². The lowest BCUT2D eigenvalue weighted by molar-refractivity contribution is 0.387. The lowest BCUT2D eigenvalue weighted by Gasteiger charge is -2.29. The van der Waals surface area contributed by atoms with Crippen molar-refractivity contribution in [2.45, 2.75) is 12.1 Å². The molecule has 0 saturated heterocycles. The van der Waals surface area contributed by atoms with Crippen LogP contribution in [-0.2, 0) is 6.42 Å². The Morgan fingerprint density at radius 3 is 2.81 bits per heavy atom. The number of hydrogen-bond acceptors (Lipinski definition) is 2. The van der Waals surface area contributed by atoms with Crippen molar-refractivity contribution in [2.24, 2.45) is 5.73 Å². The lowest BCUT2D eigenvalue weighted by Crippen LogP contribution is -2.53. The minimum absolute atomic E-state index is 0.433. The normalized spacial score (nSPS) is 23.8. The van der Waals surface area contributed by atoms with Gasteiger partial charge in [0, 0.05) is 11.4 Å². The van der Waals surface area contributed by atoms with E-state index in [0.29, 0.717) is 11.4 Å². The third-order valence-corrected chi connectivity index (χ3v) is 2.80. The Kier molecular flexibility index (Phi) is 2.99. The molecule has 3 N–H and O–H groups in total. The maximum absolute atomic E-state index is 13.1. The van der Waals surface area contributed by atoms with Crippen molar-refractivity contribution >= 4 is 11.6 Å². The number of nitrogens with two attached hydrogens (primary N) is 1. The fourth-order valence-electron chi connectivity index (χ4n) is 1.67. The number of halogens is 2. The molecule has 0 aromatic heterocycles. The number of nitrogens with one attached hydrogen (secondary N) is 1. The van der Waals surface area contributed by atoms with Crippen LogP contribution in [0.1, 0.15) is 5.56 Å². The monoisotopic (exact) mass is 238 g/mol. The average molecular weight is 239 g/mol. The molecule has 0 fully saturated rings. The van der Waals surface area contributed by atoms with Gasteiger partial charge in [-0.1, -0.05) is 35.9 Å². The second kappa shape index (κ2) is 4.28. The van der Waals surface area contributed by atoms with Crippen molar-refractivity contribution < 1.29 is 4.39 Å². The van der Waals surface area contributed by atoms with Crippen LogP contribution in [0.2, 0.25) is 5.02 Å². The summed E-state index contributed by atoms with van der Waals surface area (Å²) in [5.41, 5.74) is 5.99. The molecule has 0 radical (unpaired) electrons. The summed E-state index contributed by atoms with van der Waals surface area (Å²) in [5, 5.41) is 3.23. The quantitative estimate of drug-likeness (QED) is 0.777. The van der Waals surface area contributed by atoms with E-state index in [4.69, 9.17) is 17.3 Å². The Balaban J connectivity index is 2.19. The zero-order valence-electron chi connectivity index (χ0n) is 8.58. The molecule has 1 unspecified atom stereocenters. The van der Waals surface area contributed by atoms with Crippen molar-refractivity contribution in [3.05, 3.63) is 59.0 Å². The highest BCUT2D eigenvalue weighted by atomic mass is 35.5. The van der Waals surface area contributed by atoms with E-state index in [0.717, 1.165) is 5.56 Å². The van der Waals surface area contributed by atoms with Crippen molar-refractivity contribution in [3.63, 3.8) is 0 Å². The van der Waals surface area contributed by atoms with Crippen molar-refractivity contribution in [1.29, 1.82) is 0 Å². The summed E-state index contributed by atoms with van der Waals surface area (Å²) in [6.07, 6.45) is 5.09. The summed E-state index contributed by atoms with van der Waals surface area (Å²) < 4.78 is 13.1. The molecule has 0 aliphatic carbocycles. The zero-order chi connectivity index (χ0) is 11.6. The van der Waals surface area contributed by atoms with Gasteiger partial charge in [-0.3, -0.25) is 0 Å². The van der Waals surface area contributed by atoms with E-state index in [1.807, 2.05) is 18.2 Å². The Morgan fingerprint density at radius 2 is 2.12 bits per heavy atom. The van der Waals surface area contributed by atoms with Gasteiger partial charge in [-0.2, -0.15) is 4.39 Å². The molecule has 16 heavy (non-hydrogen) atoms. The fraction of sp³-hybridized carbons (Fsp3) is 0.167. The second-order valence-electron chi connectivity index (χ2n) is 3.81. The highest BCUT2D eigenvalue weighted by Gasteiger charge is 2.25. The molecule has 0 bridgehead atoms. The van der Waals surface area contributed by atoms with Crippen LogP contribution in [0.15, 0.2) is 48.4 Å². The maximum Gasteiger partial charge on any atom is 0.188 e. The van der Waals surface area contributed by atoms with Gasteiger partial charge in [0.2, 0.25) is 0 Å². The van der Waals surface area contributed by atoms with Gasteiger partial charge in [-0.05, 0) is 23.8 Å². The fourth-order valence-corrected chi connectivity index (χ4v) is 1.87. The van der Waals surface area contributed by atoms with Gasteiger partial charge in [0.1, 0.15) is 5.66 Å². The smallest absolute Gasteiger partial charge is 0.188 e. The number of dihydropyridines is 1. The molecule has 1 aromatic carbocycles. The summed E-state index contributed by atoms with van der Waals surface area (Å²) in [7, 11) is 0. The average Bonchev–Trinajstić information content (AvgIpc) is 2.21. The summed E-state index contributed by atoms with van der Waals surface area (Å²) in [6, 6.07) is 7.39. The van der Waals surface area contributed by atoms with Crippen LogP contribution in [0.5, 0.6) is 0 Å². The molecule has 0 amide bonds. The molecule has 1 aliphatic heterocycles. The molecule has 0 saturated carbocycles. The van der Waals surface area contributed by atoms with E-state index >= 15 is 0 Å². The van der Waals surface area contributed by atoms with Crippen molar-refractivity contribution in [1.82, 2.24) is 5.32 Å². The molecule has 84 valence electrons. The predicted molar refractivity (Wildman–Crippen MR) is 63.5 cm³/mol. The molecular weight excluding hydrogens is 227 g/mol. The van der Waals surface area contributed by atoms with Gasteiger partial charge in [0.05, 0.1) is 0 Å². The SMILES string of the molecule is NC1(Cc2ccccc2Cl)C=CC=C(F)N1. The lowest BCUT2D eigenvalue weighted by atomic mass is 9.98. The first kappa shape index (κ1) is 11.2. The van der Waals surface area contributed by atoms with Gasteiger partial charge >= 0.3 is 0 Å². The molecule has 2 rings (SSSR count). The number of benzene rings is 1. The third-order valence-electron chi connectivity index (χ3n) is 2.43. The number of allylic oxidation sites excluding steroid dienone is 2. The van der Waals surface area contributed by atoms with Crippen molar-refractivity contribution in [3.8, 4) is 0 Å². The summed E-state index contributed by atoms with van der Waals surface area (Å²) >= 11 is 6.03. The Hall–Kier alpha value is -1.32. The predicted octanol–water partition coefficient (Wildman–Crippen LogP) is 2.51. The van der Waals surface area contributed by atoms with E-state index in [1.165, 1.54) is 6.08 Å². The standard InChI is InChI=1S/C12H12ClFN2/c13-10-5-2-1-4-9(10)8-12(15)7-3-6-11(14)16-12/h1-7,16H,8,15H2. The van der Waals surface area contributed by atoms with Gasteiger partial charge < -0.3 is 11.1 Å². The largest absolute Gasteiger partial charge is 0.340 e. The second-order valence-corrected chi connectivity index (χ2v) is 4.21. The molecule has 2 nitrogen and oxygen atoms in total. The van der Waals surface area contributed by atoms with Gasteiger partial charge in [0.15, 0.2) is 5.95 Å². The first-order valence-electron chi connectivity index (χ1n) is 4.95. The van der Waals surface area contributed by atoms with Crippen molar-refractivity contribution in [2.75, 3.05) is 0 Å². The summed E-state index contributed by atoms with van der Waals surface area (Å²) in [6.45, 7) is 0. The number of rotatable bonds is 2. The molecular formula is C12H12ClFN2. The van der Waals surface area contributed by atoms with Crippen LogP contribution in [-0.4, -0.2) is 5.66 Å². The Morgan fingerprint density at radius 1 is 1.38 bits per heavy atom. The molecule has 1 aromatic rings. The van der Waals surface area contributed by atoms with Gasteiger partial charge in [-0.15, -0.1) is 0 Å². The Labute approximate surface area is 98.6 Å². The maximum atomic E-state index is 13.1. The van der Waals surface area contributed by atoms with Crippen LogP contribution >= 0.6 is 11.6 Å². The van der Waals surface area contributed by atoms with Crippen LogP contribution in [0.4, 0.5) is 4.39 Å². The van der Waals surface area contributed by atoms with Crippen LogP contribution in [0, 0.1) is 0 Å². The molecule has 0 spiro atoms. The van der Waals surface area contributed by atoms with E-state index in [-0.39, 0.29) is 0 Å². The minimum Gasteiger partial charge on any atom is -0.340 e. The molecule has 1 heterocycles. The first-order chi connectivity index (χ1) is 7.59. The molecule has 4 heteroatoms. The van der Waals surface area contributed by atoms with Crippen LogP contribution in [0.25, 0.3) is 0 Å². The molecule has 1 atom stereocenters. The summed E-state index contributed by atoms with van der Waals surface area (Å²) in [4.78, 5) is 0. The third kappa shape index (κ3) is 2.43. The van der Waals surface area contributed by atoms with E-state index in [1.54, 1.807) is 18.2 Å². The zero-order valence-corrected chi connectivity index (χ0v) is 9.34. The van der Waals surface area contributed by atoms with Gasteiger partial charge in [0.25, 0.3) is 0 Å². The van der Waals surface area contributed by atoms with E-state index in [9.17, 15) is 4.39 Å². The molecule has 1 aliphatic rings. The highest BCUT2D eigenvalue weighted by molar-refractivity contribution is 6.31. The van der Waals surface area contributed by atoms with E-state index < -0.39 is 11.6 Å². The minimum atomic E-state index is -0.913. The van der Waals surface area contributed by atoms with E-state index in [2.05, 4.69) is 5.32 Å². The first-order valence-corrected chi connectivity index (χ1v) is 5.32. The highest BCUT2D eigenvalue weighted by Crippen LogP contribution is 2.21. The summed E-state index contributed by atoms with van der Waals surface area (Å²) in [5.74, 6) is -0.433. The Bertz CT molecular complexity index is 456.